The predicted molar refractivity (Wildman–Crippen MR) is 60.0 cm³/mol. The van der Waals surface area contributed by atoms with E-state index in [0.29, 0.717) is 22.3 Å². The summed E-state index contributed by atoms with van der Waals surface area (Å²) in [7, 11) is 1.43. The van der Waals surface area contributed by atoms with E-state index in [1.807, 2.05) is 0 Å². The SMILES string of the molecule is COc1cc(F)cc2c(C)nc(NC#N)nc12. The number of nitrogens with one attached hydrogen (secondary N) is 1. The Bertz CT molecular complexity index is 621. The van der Waals surface area contributed by atoms with Gasteiger partial charge in [0.25, 0.3) is 0 Å². The summed E-state index contributed by atoms with van der Waals surface area (Å²) < 4.78 is 18.4. The zero-order valence-corrected chi connectivity index (χ0v) is 9.28. The number of fused-ring (bicyclic) bond motifs is 1. The highest BCUT2D eigenvalue weighted by Crippen LogP contribution is 2.27. The van der Waals surface area contributed by atoms with E-state index >= 15 is 0 Å². The van der Waals surface area contributed by atoms with Gasteiger partial charge in [0.15, 0.2) is 6.19 Å². The molecule has 0 aliphatic rings. The van der Waals surface area contributed by atoms with Crippen LogP contribution in [0.4, 0.5) is 10.3 Å². The van der Waals surface area contributed by atoms with Crippen LogP contribution in [0.5, 0.6) is 5.75 Å². The Morgan fingerprint density at radius 3 is 2.82 bits per heavy atom. The van der Waals surface area contributed by atoms with Crippen molar-refractivity contribution in [1.82, 2.24) is 9.97 Å². The van der Waals surface area contributed by atoms with Crippen molar-refractivity contribution in [2.24, 2.45) is 0 Å². The molecule has 1 aromatic carbocycles. The quantitative estimate of drug-likeness (QED) is 0.633. The minimum atomic E-state index is -0.415. The third kappa shape index (κ3) is 1.95. The van der Waals surface area contributed by atoms with E-state index in [2.05, 4.69) is 15.3 Å². The zero-order valence-electron chi connectivity index (χ0n) is 9.28. The van der Waals surface area contributed by atoms with Crippen molar-refractivity contribution in [3.8, 4) is 11.9 Å². The lowest BCUT2D eigenvalue weighted by molar-refractivity contribution is 0.415. The van der Waals surface area contributed by atoms with Crippen molar-refractivity contribution < 1.29 is 9.13 Å². The maximum atomic E-state index is 13.3. The molecule has 1 N–H and O–H groups in total. The standard InChI is InChI=1S/C11H9FN4O/c1-6-8-3-7(12)4-9(17-2)10(8)16-11(15-6)14-5-13/h3-4H,1-2H3,(H,14,15,16). The first-order valence-corrected chi connectivity index (χ1v) is 4.82. The molecule has 0 spiro atoms. The molecule has 0 bridgehead atoms. The second-order valence-corrected chi connectivity index (χ2v) is 3.37. The van der Waals surface area contributed by atoms with E-state index in [1.54, 1.807) is 13.1 Å². The summed E-state index contributed by atoms with van der Waals surface area (Å²) in [6.45, 7) is 1.71. The third-order valence-corrected chi connectivity index (χ3v) is 2.31. The number of aryl methyl sites for hydroxylation is 1. The fourth-order valence-electron chi connectivity index (χ4n) is 1.58. The number of nitriles is 1. The van der Waals surface area contributed by atoms with Crippen LogP contribution in [0.2, 0.25) is 0 Å². The van der Waals surface area contributed by atoms with E-state index in [0.717, 1.165) is 0 Å². The summed E-state index contributed by atoms with van der Waals surface area (Å²) in [5, 5.41) is 11.4. The summed E-state index contributed by atoms with van der Waals surface area (Å²) >= 11 is 0. The van der Waals surface area contributed by atoms with Crippen LogP contribution in [0.25, 0.3) is 10.9 Å². The van der Waals surface area contributed by atoms with Gasteiger partial charge in [0.1, 0.15) is 17.1 Å². The summed E-state index contributed by atoms with van der Waals surface area (Å²) in [5.41, 5.74) is 1.05. The Labute approximate surface area is 96.9 Å². The highest BCUT2D eigenvalue weighted by atomic mass is 19.1. The van der Waals surface area contributed by atoms with E-state index in [4.69, 9.17) is 10.00 Å². The molecule has 17 heavy (non-hydrogen) atoms. The highest BCUT2D eigenvalue weighted by molar-refractivity contribution is 5.87. The van der Waals surface area contributed by atoms with Crippen LogP contribution in [0, 0.1) is 24.2 Å². The lowest BCUT2D eigenvalue weighted by Crippen LogP contribution is -2.00. The van der Waals surface area contributed by atoms with Gasteiger partial charge in [-0.1, -0.05) is 0 Å². The number of ether oxygens (including phenoxy) is 1. The molecular formula is C11H9FN4O. The van der Waals surface area contributed by atoms with Gasteiger partial charge in [-0.25, -0.2) is 14.4 Å². The van der Waals surface area contributed by atoms with Gasteiger partial charge in [-0.05, 0) is 13.0 Å². The summed E-state index contributed by atoms with van der Waals surface area (Å²) in [5.74, 6) is 0.0657. The maximum Gasteiger partial charge on any atom is 0.237 e. The van der Waals surface area contributed by atoms with Gasteiger partial charge in [-0.3, -0.25) is 5.32 Å². The van der Waals surface area contributed by atoms with Gasteiger partial charge in [-0.15, -0.1) is 0 Å². The normalized spacial score (nSPS) is 10.0. The number of hydrogen-bond acceptors (Lipinski definition) is 5. The van der Waals surface area contributed by atoms with Gasteiger partial charge in [-0.2, -0.15) is 5.26 Å². The van der Waals surface area contributed by atoms with Crippen LogP contribution < -0.4 is 10.1 Å². The molecule has 0 radical (unpaired) electrons. The van der Waals surface area contributed by atoms with Gasteiger partial charge < -0.3 is 4.74 Å². The van der Waals surface area contributed by atoms with Crippen LogP contribution in [0.3, 0.4) is 0 Å². The van der Waals surface area contributed by atoms with Crippen LogP contribution in [0.15, 0.2) is 12.1 Å². The van der Waals surface area contributed by atoms with Crippen molar-refractivity contribution >= 4 is 16.9 Å². The fourth-order valence-corrected chi connectivity index (χ4v) is 1.58. The molecule has 0 saturated carbocycles. The summed E-state index contributed by atoms with van der Waals surface area (Å²) in [6, 6.07) is 2.58. The minimum absolute atomic E-state index is 0.169. The molecule has 86 valence electrons. The smallest absolute Gasteiger partial charge is 0.237 e. The lowest BCUT2D eigenvalue weighted by atomic mass is 10.2. The Balaban J connectivity index is 2.77. The van der Waals surface area contributed by atoms with E-state index in [-0.39, 0.29) is 5.95 Å². The van der Waals surface area contributed by atoms with E-state index in [1.165, 1.54) is 19.2 Å². The van der Waals surface area contributed by atoms with Gasteiger partial charge in [0, 0.05) is 11.5 Å². The Kier molecular flexibility index (Phi) is 2.75. The van der Waals surface area contributed by atoms with Crippen molar-refractivity contribution in [3.63, 3.8) is 0 Å². The van der Waals surface area contributed by atoms with Crippen molar-refractivity contribution in [1.29, 1.82) is 5.26 Å². The number of aromatic nitrogens is 2. The van der Waals surface area contributed by atoms with Crippen LogP contribution in [0.1, 0.15) is 5.69 Å². The van der Waals surface area contributed by atoms with Crippen molar-refractivity contribution in [2.75, 3.05) is 12.4 Å². The number of methoxy groups -OCH3 is 1. The first kappa shape index (κ1) is 11.1. The lowest BCUT2D eigenvalue weighted by Gasteiger charge is -2.08. The van der Waals surface area contributed by atoms with Crippen LogP contribution in [-0.2, 0) is 0 Å². The van der Waals surface area contributed by atoms with E-state index < -0.39 is 5.82 Å². The number of hydrogen-bond donors (Lipinski definition) is 1. The highest BCUT2D eigenvalue weighted by Gasteiger charge is 2.11. The van der Waals surface area contributed by atoms with Crippen molar-refractivity contribution in [3.05, 3.63) is 23.6 Å². The van der Waals surface area contributed by atoms with Crippen LogP contribution >= 0.6 is 0 Å². The molecule has 0 fully saturated rings. The molecule has 2 aromatic rings. The largest absolute Gasteiger partial charge is 0.494 e. The van der Waals surface area contributed by atoms with E-state index in [9.17, 15) is 4.39 Å². The predicted octanol–water partition coefficient (Wildman–Crippen LogP) is 1.98. The topological polar surface area (TPSA) is 70.8 Å². The molecule has 0 aliphatic carbocycles. The summed E-state index contributed by atoms with van der Waals surface area (Å²) in [6.07, 6.45) is 1.73. The first-order valence-electron chi connectivity index (χ1n) is 4.82. The average molecular weight is 232 g/mol. The molecular weight excluding hydrogens is 223 g/mol. The number of anilines is 1. The number of benzene rings is 1. The number of rotatable bonds is 2. The molecule has 0 aliphatic heterocycles. The summed E-state index contributed by atoms with van der Waals surface area (Å²) in [4.78, 5) is 8.14. The molecule has 0 amide bonds. The third-order valence-electron chi connectivity index (χ3n) is 2.31. The molecule has 6 heteroatoms. The average Bonchev–Trinajstić information content (AvgIpc) is 2.30. The molecule has 2 rings (SSSR count). The van der Waals surface area contributed by atoms with Gasteiger partial charge >= 0.3 is 0 Å². The minimum Gasteiger partial charge on any atom is -0.494 e. The molecule has 0 unspecified atom stereocenters. The fraction of sp³-hybridized carbons (Fsp3) is 0.182. The number of nitrogens with zero attached hydrogens (tertiary/aromatic N) is 3. The molecule has 1 aromatic heterocycles. The monoisotopic (exact) mass is 232 g/mol. The van der Waals surface area contributed by atoms with Gasteiger partial charge in [0.05, 0.1) is 12.8 Å². The molecule has 0 atom stereocenters. The Morgan fingerprint density at radius 1 is 1.41 bits per heavy atom. The van der Waals surface area contributed by atoms with Gasteiger partial charge in [0.2, 0.25) is 5.95 Å². The second kappa shape index (κ2) is 4.22. The Morgan fingerprint density at radius 2 is 2.18 bits per heavy atom. The zero-order chi connectivity index (χ0) is 12.4. The van der Waals surface area contributed by atoms with Crippen molar-refractivity contribution in [2.45, 2.75) is 6.92 Å². The Hall–Kier alpha value is -2.42. The van der Waals surface area contributed by atoms with Crippen LogP contribution in [-0.4, -0.2) is 17.1 Å². The molecule has 1 heterocycles. The molecule has 5 nitrogen and oxygen atoms in total. The second-order valence-electron chi connectivity index (χ2n) is 3.37. The maximum absolute atomic E-state index is 13.3. The first-order chi connectivity index (χ1) is 8.15. The molecule has 0 saturated heterocycles. The number of halogens is 1.